The van der Waals surface area contributed by atoms with E-state index in [1.165, 1.54) is 14.3 Å². The lowest BCUT2D eigenvalue weighted by atomic mass is 10.1. The lowest BCUT2D eigenvalue weighted by Gasteiger charge is -2.08. The highest BCUT2D eigenvalue weighted by atomic mass is 35.5. The molecule has 0 spiro atoms. The first-order valence-corrected chi connectivity index (χ1v) is 7.66. The Balaban J connectivity index is 1.92. The van der Waals surface area contributed by atoms with E-state index in [9.17, 15) is 0 Å². The molecule has 0 aliphatic heterocycles. The van der Waals surface area contributed by atoms with E-state index in [2.05, 4.69) is 17.5 Å². The standard InChI is InChI=1S/C14H11ClOS2/c1-16-10-4-2-9(3-5-10)14(15)13-8-12-11(18-13)6-7-17-12/h2-8,14H,1H3. The van der Waals surface area contributed by atoms with Gasteiger partial charge in [-0.2, -0.15) is 0 Å². The second-order valence-electron chi connectivity index (χ2n) is 3.93. The van der Waals surface area contributed by atoms with Gasteiger partial charge < -0.3 is 4.74 Å². The normalized spacial score (nSPS) is 12.8. The van der Waals surface area contributed by atoms with Crippen molar-refractivity contribution in [2.24, 2.45) is 0 Å². The van der Waals surface area contributed by atoms with Crippen LogP contribution in [0.3, 0.4) is 0 Å². The molecule has 0 fully saturated rings. The van der Waals surface area contributed by atoms with Crippen molar-refractivity contribution in [1.82, 2.24) is 0 Å². The zero-order valence-corrected chi connectivity index (χ0v) is 12.1. The number of ether oxygens (including phenoxy) is 1. The average Bonchev–Trinajstić information content (AvgIpc) is 2.99. The fraction of sp³-hybridized carbons (Fsp3) is 0.143. The second kappa shape index (κ2) is 4.92. The van der Waals surface area contributed by atoms with Crippen molar-refractivity contribution in [2.75, 3.05) is 7.11 Å². The zero-order valence-electron chi connectivity index (χ0n) is 9.72. The summed E-state index contributed by atoms with van der Waals surface area (Å²) in [6, 6.07) is 12.3. The van der Waals surface area contributed by atoms with E-state index in [0.717, 1.165) is 11.3 Å². The molecule has 0 N–H and O–H groups in total. The van der Waals surface area contributed by atoms with Crippen LogP contribution in [0.2, 0.25) is 0 Å². The van der Waals surface area contributed by atoms with Gasteiger partial charge in [-0.1, -0.05) is 12.1 Å². The molecule has 2 heterocycles. The summed E-state index contributed by atoms with van der Waals surface area (Å²) < 4.78 is 7.78. The number of thiophene rings is 2. The van der Waals surface area contributed by atoms with Crippen molar-refractivity contribution in [3.63, 3.8) is 0 Å². The first-order valence-electron chi connectivity index (χ1n) is 5.53. The van der Waals surface area contributed by atoms with Crippen molar-refractivity contribution in [3.05, 3.63) is 52.2 Å². The maximum atomic E-state index is 6.53. The van der Waals surface area contributed by atoms with Gasteiger partial charge in [0.1, 0.15) is 5.75 Å². The van der Waals surface area contributed by atoms with Crippen LogP contribution in [-0.2, 0) is 0 Å². The van der Waals surface area contributed by atoms with Crippen LogP contribution in [0.4, 0.5) is 0 Å². The van der Waals surface area contributed by atoms with E-state index in [0.29, 0.717) is 0 Å². The molecule has 1 nitrogen and oxygen atoms in total. The molecule has 0 aliphatic rings. The molecule has 0 saturated heterocycles. The minimum absolute atomic E-state index is 0.0829. The van der Waals surface area contributed by atoms with Crippen LogP contribution in [0, 0.1) is 0 Å². The number of rotatable bonds is 3. The number of halogens is 1. The van der Waals surface area contributed by atoms with Crippen molar-refractivity contribution in [3.8, 4) is 5.75 Å². The lowest BCUT2D eigenvalue weighted by Crippen LogP contribution is -1.90. The molecule has 0 radical (unpaired) electrons. The van der Waals surface area contributed by atoms with Crippen molar-refractivity contribution < 1.29 is 4.74 Å². The topological polar surface area (TPSA) is 9.23 Å². The highest BCUT2D eigenvalue weighted by Gasteiger charge is 2.14. The fourth-order valence-corrected chi connectivity index (χ4v) is 4.31. The molecule has 3 rings (SSSR count). The molecule has 1 aromatic carbocycles. The molecule has 4 heteroatoms. The number of fused-ring (bicyclic) bond motifs is 1. The first kappa shape index (κ1) is 12.0. The summed E-state index contributed by atoms with van der Waals surface area (Å²) in [4.78, 5) is 1.20. The molecule has 0 aliphatic carbocycles. The van der Waals surface area contributed by atoms with E-state index in [1.54, 1.807) is 29.8 Å². The van der Waals surface area contributed by atoms with Gasteiger partial charge in [0.15, 0.2) is 0 Å². The molecule has 18 heavy (non-hydrogen) atoms. The summed E-state index contributed by atoms with van der Waals surface area (Å²) in [6.07, 6.45) is 0. The van der Waals surface area contributed by atoms with Crippen molar-refractivity contribution >= 4 is 43.7 Å². The Bertz CT molecular complexity index is 625. The van der Waals surface area contributed by atoms with Crippen LogP contribution in [0.25, 0.3) is 9.40 Å². The molecule has 1 unspecified atom stereocenters. The molecule has 0 bridgehead atoms. The zero-order chi connectivity index (χ0) is 12.5. The fourth-order valence-electron chi connectivity index (χ4n) is 1.85. The minimum atomic E-state index is -0.0829. The van der Waals surface area contributed by atoms with Gasteiger partial charge in [-0.15, -0.1) is 34.3 Å². The minimum Gasteiger partial charge on any atom is -0.497 e. The molecule has 2 aromatic heterocycles. The van der Waals surface area contributed by atoms with Crippen LogP contribution in [0.1, 0.15) is 15.8 Å². The third-order valence-electron chi connectivity index (χ3n) is 2.82. The summed E-state index contributed by atoms with van der Waals surface area (Å²) in [5, 5.41) is 2.03. The van der Waals surface area contributed by atoms with Gasteiger partial charge in [-0.3, -0.25) is 0 Å². The monoisotopic (exact) mass is 294 g/mol. The molecular formula is C14H11ClOS2. The highest BCUT2D eigenvalue weighted by molar-refractivity contribution is 7.27. The molecule has 3 aromatic rings. The van der Waals surface area contributed by atoms with Gasteiger partial charge in [0.25, 0.3) is 0 Å². The third kappa shape index (κ3) is 2.14. The van der Waals surface area contributed by atoms with E-state index < -0.39 is 0 Å². The number of methoxy groups -OCH3 is 1. The summed E-state index contributed by atoms with van der Waals surface area (Å²) in [7, 11) is 1.67. The Labute approximate surface area is 119 Å². The second-order valence-corrected chi connectivity index (χ2v) is 6.43. The van der Waals surface area contributed by atoms with Gasteiger partial charge in [-0.05, 0) is 35.2 Å². The van der Waals surface area contributed by atoms with Crippen LogP contribution in [0.15, 0.2) is 41.8 Å². The molecular weight excluding hydrogens is 284 g/mol. The summed E-state index contributed by atoms with van der Waals surface area (Å²) >= 11 is 10.1. The summed E-state index contributed by atoms with van der Waals surface area (Å²) in [5.41, 5.74) is 1.10. The van der Waals surface area contributed by atoms with E-state index >= 15 is 0 Å². The van der Waals surface area contributed by atoms with Crippen LogP contribution in [-0.4, -0.2) is 7.11 Å². The van der Waals surface area contributed by atoms with E-state index in [1.807, 2.05) is 24.3 Å². The summed E-state index contributed by atoms with van der Waals surface area (Å²) in [6.45, 7) is 0. The molecule has 0 amide bonds. The summed E-state index contributed by atoms with van der Waals surface area (Å²) in [5.74, 6) is 0.856. The van der Waals surface area contributed by atoms with Crippen LogP contribution < -0.4 is 4.74 Å². The third-order valence-corrected chi connectivity index (χ3v) is 5.59. The van der Waals surface area contributed by atoms with Gasteiger partial charge in [-0.25, -0.2) is 0 Å². The van der Waals surface area contributed by atoms with Crippen molar-refractivity contribution in [2.45, 2.75) is 5.38 Å². The predicted molar refractivity (Wildman–Crippen MR) is 80.4 cm³/mol. The molecule has 0 saturated carbocycles. The number of benzene rings is 1. The van der Waals surface area contributed by atoms with Crippen molar-refractivity contribution in [1.29, 1.82) is 0 Å². The smallest absolute Gasteiger partial charge is 0.118 e. The maximum absolute atomic E-state index is 6.53. The molecule has 92 valence electrons. The Kier molecular flexibility index (Phi) is 3.29. The largest absolute Gasteiger partial charge is 0.497 e. The Morgan fingerprint density at radius 3 is 2.56 bits per heavy atom. The van der Waals surface area contributed by atoms with Gasteiger partial charge in [0.05, 0.1) is 12.5 Å². The highest BCUT2D eigenvalue weighted by Crippen LogP contribution is 2.39. The van der Waals surface area contributed by atoms with Crippen LogP contribution in [0.5, 0.6) is 5.75 Å². The number of hydrogen-bond acceptors (Lipinski definition) is 3. The molecule has 1 atom stereocenters. The average molecular weight is 295 g/mol. The Morgan fingerprint density at radius 1 is 1.11 bits per heavy atom. The maximum Gasteiger partial charge on any atom is 0.118 e. The quantitative estimate of drug-likeness (QED) is 0.596. The number of alkyl halides is 1. The Hall–Kier alpha value is -1.03. The van der Waals surface area contributed by atoms with Gasteiger partial charge >= 0.3 is 0 Å². The SMILES string of the molecule is COc1ccc(C(Cl)c2cc3sccc3s2)cc1. The first-order chi connectivity index (χ1) is 8.78. The van der Waals surface area contributed by atoms with E-state index in [4.69, 9.17) is 16.3 Å². The predicted octanol–water partition coefficient (Wildman–Crippen LogP) is 5.30. The van der Waals surface area contributed by atoms with Crippen LogP contribution >= 0.6 is 34.3 Å². The number of hydrogen-bond donors (Lipinski definition) is 0. The lowest BCUT2D eigenvalue weighted by molar-refractivity contribution is 0.414. The van der Waals surface area contributed by atoms with Gasteiger partial charge in [0, 0.05) is 14.3 Å². The van der Waals surface area contributed by atoms with E-state index in [-0.39, 0.29) is 5.38 Å². The van der Waals surface area contributed by atoms with Gasteiger partial charge in [0.2, 0.25) is 0 Å². The Morgan fingerprint density at radius 2 is 1.89 bits per heavy atom.